The van der Waals surface area contributed by atoms with Crippen molar-refractivity contribution in [1.29, 1.82) is 0 Å². The lowest BCUT2D eigenvalue weighted by Crippen LogP contribution is -2.29. The molecule has 0 saturated carbocycles. The highest BCUT2D eigenvalue weighted by molar-refractivity contribution is 4.90. The van der Waals surface area contributed by atoms with Crippen LogP contribution in [0.1, 0.15) is 0 Å². The normalized spacial score (nSPS) is 9.09. The molecule has 0 aliphatic rings. The minimum Gasteiger partial charge on any atom is -0.230 e. The fourth-order valence-electron chi connectivity index (χ4n) is 0.361. The molecule has 0 radical (unpaired) electrons. The fourth-order valence-corrected chi connectivity index (χ4v) is 0.361. The molecule has 0 amide bonds. The molecular weight excluding hydrogens is 158 g/mol. The third-order valence-electron chi connectivity index (χ3n) is 0.688. The van der Waals surface area contributed by atoms with Gasteiger partial charge in [-0.3, -0.25) is 0 Å². The lowest BCUT2D eigenvalue weighted by molar-refractivity contribution is -0.773. The molecule has 1 aromatic heterocycles. The van der Waals surface area contributed by atoms with E-state index in [1.165, 1.54) is 5.53 Å². The van der Waals surface area contributed by atoms with Gasteiger partial charge in [0.05, 0.1) is 4.91 Å². The highest BCUT2D eigenvalue weighted by Crippen LogP contribution is 1.91. The van der Waals surface area contributed by atoms with Gasteiger partial charge in [0.1, 0.15) is 0 Å². The number of aromatic nitrogens is 4. The van der Waals surface area contributed by atoms with Crippen LogP contribution in [0.4, 0.5) is 5.95 Å². The van der Waals surface area contributed by atoms with Crippen LogP contribution in [0.25, 0.3) is 0 Å². The first-order chi connectivity index (χ1) is 5.20. The highest BCUT2D eigenvalue weighted by Gasteiger charge is 2.24. The first-order valence-corrected chi connectivity index (χ1v) is 2.31. The molecule has 0 aliphatic heterocycles. The maximum absolute atomic E-state index is 10.5. The lowest BCUT2D eigenvalue weighted by atomic mass is 11.1. The predicted octanol–water partition coefficient (Wildman–Crippen LogP) is -1.69. The Balaban J connectivity index is 2.64. The SMILES string of the molecule is O=[N+]([O-])N[N+](=O)c1nn[nH]n1. The average Bonchev–Trinajstić information content (AvgIpc) is 2.35. The molecule has 10 nitrogen and oxygen atoms in total. The summed E-state index contributed by atoms with van der Waals surface area (Å²) in [5, 5.41) is 19.9. The van der Waals surface area contributed by atoms with Gasteiger partial charge in [-0.05, 0) is 10.3 Å². The Morgan fingerprint density at radius 3 is 2.73 bits per heavy atom. The van der Waals surface area contributed by atoms with Crippen LogP contribution in [-0.4, -0.2) is 30.5 Å². The number of nitroso groups, excluding NO2 is 1. The molecule has 0 atom stereocenters. The maximum atomic E-state index is 10.5. The summed E-state index contributed by atoms with van der Waals surface area (Å²) in [7, 11) is 0. The van der Waals surface area contributed by atoms with E-state index in [0.717, 1.165) is 0 Å². The van der Waals surface area contributed by atoms with Crippen molar-refractivity contribution in [3.63, 3.8) is 0 Å². The summed E-state index contributed by atoms with van der Waals surface area (Å²) >= 11 is 0. The number of nitrogens with one attached hydrogen (secondary N) is 2. The molecule has 1 rings (SSSR count). The van der Waals surface area contributed by atoms with E-state index in [2.05, 4.69) is 15.4 Å². The number of hydrogen-bond donors (Lipinski definition) is 2. The summed E-state index contributed by atoms with van der Waals surface area (Å²) in [6, 6.07) is 0. The monoisotopic (exact) mass is 160 g/mol. The van der Waals surface area contributed by atoms with Crippen molar-refractivity contribution in [2.24, 2.45) is 0 Å². The number of nitrogens with zero attached hydrogens (tertiary/aromatic N) is 5. The van der Waals surface area contributed by atoms with Crippen molar-refractivity contribution in [2.45, 2.75) is 0 Å². The van der Waals surface area contributed by atoms with Gasteiger partial charge in [0.2, 0.25) is 5.03 Å². The zero-order valence-corrected chi connectivity index (χ0v) is 4.96. The smallest absolute Gasteiger partial charge is 0.230 e. The zero-order chi connectivity index (χ0) is 8.27. The second-order valence-corrected chi connectivity index (χ2v) is 1.36. The first-order valence-electron chi connectivity index (χ1n) is 2.31. The molecule has 0 fully saturated rings. The van der Waals surface area contributed by atoms with Crippen LogP contribution in [0, 0.1) is 15.0 Å². The van der Waals surface area contributed by atoms with Crippen molar-refractivity contribution in [3.8, 4) is 0 Å². The molecule has 0 spiro atoms. The molecule has 1 heterocycles. The Bertz CT molecular complexity index is 263. The van der Waals surface area contributed by atoms with E-state index in [1.807, 2.05) is 5.21 Å². The van der Waals surface area contributed by atoms with E-state index >= 15 is 0 Å². The summed E-state index contributed by atoms with van der Waals surface area (Å²) in [5.74, 6) is -0.457. The van der Waals surface area contributed by atoms with Crippen LogP contribution >= 0.6 is 0 Å². The van der Waals surface area contributed by atoms with Crippen LogP contribution in [0.3, 0.4) is 0 Å². The number of nitro groups is 1. The first kappa shape index (κ1) is 6.98. The van der Waals surface area contributed by atoms with Crippen LogP contribution < -0.4 is 5.53 Å². The van der Waals surface area contributed by atoms with Gasteiger partial charge < -0.3 is 0 Å². The Hall–Kier alpha value is -2.13. The van der Waals surface area contributed by atoms with E-state index in [9.17, 15) is 15.0 Å². The third kappa shape index (κ3) is 1.64. The topological polar surface area (TPSA) is 130 Å². The van der Waals surface area contributed by atoms with Crippen LogP contribution in [0.2, 0.25) is 0 Å². The number of rotatable bonds is 3. The van der Waals surface area contributed by atoms with Gasteiger partial charge in [0, 0.05) is 0 Å². The minimum atomic E-state index is -1.04. The van der Waals surface area contributed by atoms with Crippen LogP contribution in [-0.2, 0) is 0 Å². The standard InChI is InChI=1S/CH2N7O3/c9-7(6-8(10)11)1-2-4-5-3-1/h(H,6,9)(H,2,3,4,5)/q+1. The Kier molecular flexibility index (Phi) is 1.67. The van der Waals surface area contributed by atoms with Crippen molar-refractivity contribution in [2.75, 3.05) is 0 Å². The van der Waals surface area contributed by atoms with Gasteiger partial charge in [0.15, 0.2) is 5.53 Å². The van der Waals surface area contributed by atoms with Gasteiger partial charge in [0.25, 0.3) is 4.87 Å². The second-order valence-electron chi connectivity index (χ2n) is 1.36. The van der Waals surface area contributed by atoms with Gasteiger partial charge in [-0.15, -0.1) is 0 Å². The number of hydrazine groups is 2. The molecule has 0 saturated heterocycles. The summed E-state index contributed by atoms with van der Waals surface area (Å²) in [6.45, 7) is 0. The molecule has 11 heavy (non-hydrogen) atoms. The van der Waals surface area contributed by atoms with Crippen molar-refractivity contribution in [3.05, 3.63) is 15.0 Å². The Labute approximate surface area is 58.3 Å². The summed E-state index contributed by atoms with van der Waals surface area (Å²) in [6.07, 6.45) is 0. The molecule has 0 aromatic carbocycles. The average molecular weight is 160 g/mol. The molecule has 2 N–H and O–H groups in total. The molecule has 0 unspecified atom stereocenters. The molecule has 10 heteroatoms. The number of aromatic amines is 1. The van der Waals surface area contributed by atoms with Crippen molar-refractivity contribution < 1.29 is 9.90 Å². The summed E-state index contributed by atoms with van der Waals surface area (Å²) < 4.78 is 0. The van der Waals surface area contributed by atoms with Crippen LogP contribution in [0.15, 0.2) is 0 Å². The molecule has 0 aliphatic carbocycles. The third-order valence-corrected chi connectivity index (χ3v) is 0.688. The van der Waals surface area contributed by atoms with E-state index in [1.54, 1.807) is 0 Å². The summed E-state index contributed by atoms with van der Waals surface area (Å²) in [5.41, 5.74) is 1.26. The fraction of sp³-hybridized carbons (Fsp3) is 0. The number of hydrogen-bond acceptors (Lipinski definition) is 6. The molecular formula is CH2N7O3+. The number of H-pyrrole nitrogens is 1. The minimum absolute atomic E-state index is 0.233. The van der Waals surface area contributed by atoms with E-state index in [0.29, 0.717) is 0 Å². The lowest BCUT2D eigenvalue weighted by Gasteiger charge is -1.78. The maximum Gasteiger partial charge on any atom is 0.531 e. The molecule has 58 valence electrons. The molecule has 1 aromatic rings. The van der Waals surface area contributed by atoms with Gasteiger partial charge >= 0.3 is 5.95 Å². The number of tetrazole rings is 1. The van der Waals surface area contributed by atoms with Gasteiger partial charge in [-0.1, -0.05) is 5.10 Å². The predicted molar refractivity (Wildman–Crippen MR) is 27.6 cm³/mol. The second kappa shape index (κ2) is 2.64. The van der Waals surface area contributed by atoms with E-state index in [-0.39, 0.29) is 4.87 Å². The Morgan fingerprint density at radius 1 is 1.55 bits per heavy atom. The quantitative estimate of drug-likeness (QED) is 0.306. The highest BCUT2D eigenvalue weighted by atomic mass is 16.7. The zero-order valence-electron chi connectivity index (χ0n) is 4.96. The summed E-state index contributed by atoms with van der Waals surface area (Å²) in [4.78, 5) is 19.9. The van der Waals surface area contributed by atoms with Crippen molar-refractivity contribution in [1.82, 2.24) is 26.2 Å². The van der Waals surface area contributed by atoms with Gasteiger partial charge in [-0.2, -0.15) is 5.21 Å². The van der Waals surface area contributed by atoms with Gasteiger partial charge in [-0.25, -0.2) is 10.1 Å². The molecule has 0 bridgehead atoms. The van der Waals surface area contributed by atoms with E-state index in [4.69, 9.17) is 0 Å². The Morgan fingerprint density at radius 2 is 2.27 bits per heavy atom. The largest absolute Gasteiger partial charge is 0.531 e. The van der Waals surface area contributed by atoms with E-state index < -0.39 is 11.0 Å². The van der Waals surface area contributed by atoms with Crippen molar-refractivity contribution >= 4 is 5.95 Å². The van der Waals surface area contributed by atoms with Crippen LogP contribution in [0.5, 0.6) is 0 Å².